The molecule has 1 aliphatic heterocycles. The molecule has 2 amide bonds. The number of nitrogens with two attached hydrogens (primary N) is 1. The number of carbonyl (C=O) groups is 2. The van der Waals surface area contributed by atoms with Crippen molar-refractivity contribution in [3.05, 3.63) is 0 Å². The molecule has 0 saturated carbocycles. The van der Waals surface area contributed by atoms with Crippen LogP contribution in [0, 0.1) is 5.92 Å². The molecule has 2 N–H and O–H groups in total. The summed E-state index contributed by atoms with van der Waals surface area (Å²) in [6.07, 6.45) is 0.862. The Morgan fingerprint density at radius 2 is 2.06 bits per heavy atom. The number of hydrogen-bond acceptors (Lipinski definition) is 3. The fourth-order valence-corrected chi connectivity index (χ4v) is 1.78. The van der Waals surface area contributed by atoms with Crippen LogP contribution in [0.1, 0.15) is 33.6 Å². The first-order chi connectivity index (χ1) is 7.28. The molecule has 0 aliphatic carbocycles. The summed E-state index contributed by atoms with van der Waals surface area (Å²) >= 11 is 0. The van der Waals surface area contributed by atoms with Crippen LogP contribution in [0.4, 0.5) is 4.79 Å². The van der Waals surface area contributed by atoms with Crippen molar-refractivity contribution in [3.8, 4) is 0 Å². The van der Waals surface area contributed by atoms with E-state index in [0.29, 0.717) is 19.5 Å². The van der Waals surface area contributed by atoms with E-state index in [9.17, 15) is 9.59 Å². The van der Waals surface area contributed by atoms with Crippen LogP contribution in [0.25, 0.3) is 0 Å². The van der Waals surface area contributed by atoms with E-state index in [1.165, 1.54) is 0 Å². The lowest BCUT2D eigenvalue weighted by Gasteiger charge is -2.24. The van der Waals surface area contributed by atoms with Gasteiger partial charge in [0.05, 0.1) is 0 Å². The van der Waals surface area contributed by atoms with Crippen molar-refractivity contribution in [3.63, 3.8) is 0 Å². The van der Waals surface area contributed by atoms with E-state index in [2.05, 4.69) is 0 Å². The predicted octanol–water partition coefficient (Wildman–Crippen LogP) is 1.12. The summed E-state index contributed by atoms with van der Waals surface area (Å²) in [7, 11) is 0. The molecule has 16 heavy (non-hydrogen) atoms. The van der Waals surface area contributed by atoms with Crippen molar-refractivity contribution in [2.75, 3.05) is 13.1 Å². The Kier molecular flexibility index (Phi) is 3.78. The van der Waals surface area contributed by atoms with Gasteiger partial charge in [0.25, 0.3) is 0 Å². The lowest BCUT2D eigenvalue weighted by Crippen LogP contribution is -2.35. The first kappa shape index (κ1) is 12.8. The van der Waals surface area contributed by atoms with Crippen LogP contribution in [0.15, 0.2) is 0 Å². The van der Waals surface area contributed by atoms with E-state index >= 15 is 0 Å². The summed E-state index contributed by atoms with van der Waals surface area (Å²) in [6, 6.07) is 0. The lowest BCUT2D eigenvalue weighted by molar-refractivity contribution is -0.118. The molecule has 1 saturated heterocycles. The Morgan fingerprint density at radius 1 is 1.44 bits per heavy atom. The highest BCUT2D eigenvalue weighted by Gasteiger charge is 2.30. The zero-order chi connectivity index (χ0) is 12.3. The van der Waals surface area contributed by atoms with E-state index in [0.717, 1.165) is 6.42 Å². The number of nitrogens with zero attached hydrogens (tertiary/aromatic N) is 1. The van der Waals surface area contributed by atoms with E-state index in [4.69, 9.17) is 10.5 Å². The second-order valence-corrected chi connectivity index (χ2v) is 5.25. The minimum atomic E-state index is -0.473. The summed E-state index contributed by atoms with van der Waals surface area (Å²) in [6.45, 7) is 6.72. The molecule has 1 rings (SSSR count). The highest BCUT2D eigenvalue weighted by molar-refractivity contribution is 5.74. The molecule has 0 aromatic carbocycles. The number of rotatable bonds is 2. The number of amides is 2. The zero-order valence-corrected chi connectivity index (χ0v) is 10.2. The summed E-state index contributed by atoms with van der Waals surface area (Å²) in [5, 5.41) is 0. The van der Waals surface area contributed by atoms with Gasteiger partial charge in [0.2, 0.25) is 5.91 Å². The topological polar surface area (TPSA) is 72.6 Å². The van der Waals surface area contributed by atoms with E-state index in [1.54, 1.807) is 4.90 Å². The van der Waals surface area contributed by atoms with Crippen molar-refractivity contribution >= 4 is 12.0 Å². The number of ether oxygens (including phenoxy) is 1. The van der Waals surface area contributed by atoms with E-state index in [-0.39, 0.29) is 17.9 Å². The molecule has 0 radical (unpaired) electrons. The van der Waals surface area contributed by atoms with Crippen LogP contribution in [0.3, 0.4) is 0 Å². The maximum Gasteiger partial charge on any atom is 0.410 e. The van der Waals surface area contributed by atoms with E-state index < -0.39 is 5.60 Å². The molecule has 1 atom stereocenters. The van der Waals surface area contributed by atoms with Crippen molar-refractivity contribution in [2.45, 2.75) is 39.2 Å². The van der Waals surface area contributed by atoms with Crippen LogP contribution in [0.5, 0.6) is 0 Å². The smallest absolute Gasteiger partial charge is 0.410 e. The van der Waals surface area contributed by atoms with Gasteiger partial charge in [0.15, 0.2) is 0 Å². The molecule has 92 valence electrons. The Hall–Kier alpha value is -1.26. The van der Waals surface area contributed by atoms with Gasteiger partial charge in [-0.25, -0.2) is 4.79 Å². The average molecular weight is 228 g/mol. The third-order valence-corrected chi connectivity index (χ3v) is 2.43. The molecule has 5 nitrogen and oxygen atoms in total. The molecule has 0 aromatic heterocycles. The first-order valence-corrected chi connectivity index (χ1v) is 5.54. The Morgan fingerprint density at radius 3 is 2.56 bits per heavy atom. The van der Waals surface area contributed by atoms with Gasteiger partial charge in [-0.3, -0.25) is 4.79 Å². The van der Waals surface area contributed by atoms with E-state index in [1.807, 2.05) is 20.8 Å². The highest BCUT2D eigenvalue weighted by Crippen LogP contribution is 2.21. The van der Waals surface area contributed by atoms with Gasteiger partial charge < -0.3 is 15.4 Å². The molecular formula is C11H20N2O3. The maximum absolute atomic E-state index is 11.7. The van der Waals surface area contributed by atoms with Crippen molar-refractivity contribution < 1.29 is 14.3 Å². The summed E-state index contributed by atoms with van der Waals surface area (Å²) < 4.78 is 5.25. The van der Waals surface area contributed by atoms with Crippen LogP contribution in [0.2, 0.25) is 0 Å². The lowest BCUT2D eigenvalue weighted by atomic mass is 10.1. The minimum Gasteiger partial charge on any atom is -0.444 e. The second kappa shape index (κ2) is 4.72. The molecule has 1 heterocycles. The Bertz CT molecular complexity index is 283. The number of hydrogen-bond donors (Lipinski definition) is 1. The first-order valence-electron chi connectivity index (χ1n) is 5.54. The molecule has 0 aromatic rings. The van der Waals surface area contributed by atoms with Gasteiger partial charge >= 0.3 is 6.09 Å². The fourth-order valence-electron chi connectivity index (χ4n) is 1.78. The van der Waals surface area contributed by atoms with Crippen molar-refractivity contribution in [1.82, 2.24) is 4.90 Å². The van der Waals surface area contributed by atoms with Crippen LogP contribution in [-0.2, 0) is 9.53 Å². The van der Waals surface area contributed by atoms with Crippen molar-refractivity contribution in [1.29, 1.82) is 0 Å². The van der Waals surface area contributed by atoms with Gasteiger partial charge in [-0.15, -0.1) is 0 Å². The fraction of sp³-hybridized carbons (Fsp3) is 0.818. The van der Waals surface area contributed by atoms with Gasteiger partial charge in [-0.05, 0) is 33.1 Å². The quantitative estimate of drug-likeness (QED) is 0.769. The molecule has 1 fully saturated rings. The van der Waals surface area contributed by atoms with Crippen LogP contribution in [-0.4, -0.2) is 35.6 Å². The summed E-state index contributed by atoms with van der Waals surface area (Å²) in [4.78, 5) is 24.1. The predicted molar refractivity (Wildman–Crippen MR) is 59.7 cm³/mol. The standard InChI is InChI=1S/C11H20N2O3/c1-11(2,3)16-10(15)13-5-4-8(7-13)6-9(12)14/h8H,4-7H2,1-3H3,(H2,12,14)/t8-/m1/s1. The number of carbonyl (C=O) groups excluding carboxylic acids is 2. The third kappa shape index (κ3) is 4.08. The van der Waals surface area contributed by atoms with Crippen LogP contribution < -0.4 is 5.73 Å². The molecule has 0 bridgehead atoms. The molecule has 0 unspecified atom stereocenters. The Balaban J connectivity index is 2.41. The molecular weight excluding hydrogens is 208 g/mol. The van der Waals surface area contributed by atoms with Gasteiger partial charge in [-0.1, -0.05) is 0 Å². The average Bonchev–Trinajstić information content (AvgIpc) is 2.48. The summed E-state index contributed by atoms with van der Waals surface area (Å²) in [5.41, 5.74) is 4.65. The zero-order valence-electron chi connectivity index (χ0n) is 10.2. The Labute approximate surface area is 95.9 Å². The summed E-state index contributed by atoms with van der Waals surface area (Å²) in [5.74, 6) is -0.124. The number of likely N-dealkylation sites (tertiary alicyclic amines) is 1. The van der Waals surface area contributed by atoms with Gasteiger partial charge in [0.1, 0.15) is 5.60 Å². The second-order valence-electron chi connectivity index (χ2n) is 5.25. The molecule has 5 heteroatoms. The minimum absolute atomic E-state index is 0.185. The highest BCUT2D eigenvalue weighted by atomic mass is 16.6. The largest absolute Gasteiger partial charge is 0.444 e. The third-order valence-electron chi connectivity index (χ3n) is 2.43. The van der Waals surface area contributed by atoms with Gasteiger partial charge in [0, 0.05) is 19.5 Å². The maximum atomic E-state index is 11.7. The monoisotopic (exact) mass is 228 g/mol. The van der Waals surface area contributed by atoms with Gasteiger partial charge in [-0.2, -0.15) is 0 Å². The molecule has 1 aliphatic rings. The van der Waals surface area contributed by atoms with Crippen LogP contribution >= 0.6 is 0 Å². The SMILES string of the molecule is CC(C)(C)OC(=O)N1CC[C@H](CC(N)=O)C1. The molecule has 0 spiro atoms. The number of primary amides is 1. The normalized spacial score (nSPS) is 20.9. The van der Waals surface area contributed by atoms with Crippen molar-refractivity contribution in [2.24, 2.45) is 11.7 Å².